The van der Waals surface area contributed by atoms with Gasteiger partial charge < -0.3 is 5.11 Å². The molecule has 2 N–H and O–H groups in total. The van der Waals surface area contributed by atoms with Gasteiger partial charge in [0.25, 0.3) is 0 Å². The fourth-order valence-corrected chi connectivity index (χ4v) is 1.98. The topological polar surface area (TPSA) is 87.2 Å². The van der Waals surface area contributed by atoms with Gasteiger partial charge >= 0.3 is 0 Å². The van der Waals surface area contributed by atoms with Crippen molar-refractivity contribution >= 4 is 18.4 Å². The number of aliphatic hydroxyl groups is 1. The SMILES string of the molecule is C=Nc1c(-c2cnc(C(C)(C)O)c(F)c2)cnn1C(C)=N. The molecule has 0 amide bonds. The number of nitrogens with one attached hydrogen (secondary N) is 1. The maximum Gasteiger partial charge on any atom is 0.164 e. The van der Waals surface area contributed by atoms with E-state index in [1.54, 1.807) is 6.92 Å². The molecule has 0 radical (unpaired) electrons. The van der Waals surface area contributed by atoms with E-state index in [0.29, 0.717) is 16.9 Å². The Morgan fingerprint density at radius 1 is 1.48 bits per heavy atom. The molecule has 0 saturated heterocycles. The first-order valence-corrected chi connectivity index (χ1v) is 6.24. The monoisotopic (exact) mass is 289 g/mol. The molecule has 0 bridgehead atoms. The van der Waals surface area contributed by atoms with Crippen LogP contribution in [0.3, 0.4) is 0 Å². The van der Waals surface area contributed by atoms with E-state index in [-0.39, 0.29) is 11.5 Å². The molecule has 0 spiro atoms. The highest BCUT2D eigenvalue weighted by atomic mass is 19.1. The lowest BCUT2D eigenvalue weighted by molar-refractivity contribution is 0.0695. The van der Waals surface area contributed by atoms with Crippen LogP contribution in [0, 0.1) is 11.2 Å². The van der Waals surface area contributed by atoms with Crippen molar-refractivity contribution in [3.05, 3.63) is 30.0 Å². The first-order valence-electron chi connectivity index (χ1n) is 6.24. The van der Waals surface area contributed by atoms with Crippen molar-refractivity contribution < 1.29 is 9.50 Å². The number of halogens is 1. The minimum atomic E-state index is -1.36. The van der Waals surface area contributed by atoms with Gasteiger partial charge in [-0.05, 0) is 33.6 Å². The van der Waals surface area contributed by atoms with Crippen molar-refractivity contribution in [1.29, 1.82) is 5.41 Å². The van der Waals surface area contributed by atoms with Crippen molar-refractivity contribution in [3.8, 4) is 11.1 Å². The van der Waals surface area contributed by atoms with E-state index < -0.39 is 11.4 Å². The molecule has 2 aromatic rings. The third kappa shape index (κ3) is 2.73. The van der Waals surface area contributed by atoms with Gasteiger partial charge in [0.1, 0.15) is 22.9 Å². The van der Waals surface area contributed by atoms with Crippen LogP contribution in [0.1, 0.15) is 26.5 Å². The molecule has 0 aromatic carbocycles. The summed E-state index contributed by atoms with van der Waals surface area (Å²) in [6, 6.07) is 1.26. The Bertz CT molecular complexity index is 715. The lowest BCUT2D eigenvalue weighted by Gasteiger charge is -2.17. The Kier molecular flexibility index (Phi) is 3.69. The van der Waals surface area contributed by atoms with Crippen LogP contribution in [0.5, 0.6) is 0 Å². The van der Waals surface area contributed by atoms with Crippen LogP contribution in [-0.2, 0) is 5.60 Å². The maximum atomic E-state index is 14.1. The summed E-state index contributed by atoms with van der Waals surface area (Å²) in [6.07, 6.45) is 2.91. The molecule has 0 aliphatic rings. The van der Waals surface area contributed by atoms with Crippen LogP contribution < -0.4 is 0 Å². The van der Waals surface area contributed by atoms with Gasteiger partial charge in [0.15, 0.2) is 5.82 Å². The highest BCUT2D eigenvalue weighted by Crippen LogP contribution is 2.31. The first kappa shape index (κ1) is 15.0. The second-order valence-corrected chi connectivity index (χ2v) is 5.15. The number of hydrogen-bond donors (Lipinski definition) is 2. The average molecular weight is 289 g/mol. The molecule has 0 aliphatic carbocycles. The Hall–Kier alpha value is -2.41. The van der Waals surface area contributed by atoms with Crippen LogP contribution in [0.2, 0.25) is 0 Å². The van der Waals surface area contributed by atoms with Crippen molar-refractivity contribution in [2.45, 2.75) is 26.4 Å². The summed E-state index contributed by atoms with van der Waals surface area (Å²) in [5.74, 6) is -0.0979. The van der Waals surface area contributed by atoms with E-state index in [1.807, 2.05) is 0 Å². The van der Waals surface area contributed by atoms with E-state index in [2.05, 4.69) is 21.8 Å². The average Bonchev–Trinajstić information content (AvgIpc) is 2.80. The Morgan fingerprint density at radius 2 is 2.14 bits per heavy atom. The molecule has 2 heterocycles. The third-order valence-corrected chi connectivity index (χ3v) is 2.94. The molecule has 2 aromatic heterocycles. The molecule has 0 fully saturated rings. The van der Waals surface area contributed by atoms with Crippen molar-refractivity contribution in [2.75, 3.05) is 0 Å². The minimum absolute atomic E-state index is 0.0324. The Balaban J connectivity index is 2.56. The molecule has 6 nitrogen and oxygen atoms in total. The summed E-state index contributed by atoms with van der Waals surface area (Å²) >= 11 is 0. The maximum absolute atomic E-state index is 14.1. The molecule has 110 valence electrons. The van der Waals surface area contributed by atoms with Gasteiger partial charge in [-0.15, -0.1) is 0 Å². The van der Waals surface area contributed by atoms with E-state index in [0.717, 1.165) is 0 Å². The quantitative estimate of drug-likeness (QED) is 0.672. The Morgan fingerprint density at radius 3 is 2.62 bits per heavy atom. The van der Waals surface area contributed by atoms with Crippen molar-refractivity contribution in [2.24, 2.45) is 4.99 Å². The second kappa shape index (κ2) is 5.17. The standard InChI is InChI=1S/C14H16FN5O/c1-8(16)20-13(17-4)10(7-19-20)9-5-11(15)12(18-6-9)14(2,3)21/h5-7,16,21H,4H2,1-3H3. The van der Waals surface area contributed by atoms with E-state index in [1.165, 1.54) is 37.0 Å². The van der Waals surface area contributed by atoms with Crippen LogP contribution in [0.4, 0.5) is 10.2 Å². The zero-order chi connectivity index (χ0) is 15.8. The Labute approximate surface area is 121 Å². The summed E-state index contributed by atoms with van der Waals surface area (Å²) < 4.78 is 15.4. The smallest absolute Gasteiger partial charge is 0.164 e. The summed E-state index contributed by atoms with van der Waals surface area (Å²) in [6.45, 7) is 7.93. The molecule has 0 atom stereocenters. The van der Waals surface area contributed by atoms with Crippen LogP contribution in [-0.4, -0.2) is 32.4 Å². The van der Waals surface area contributed by atoms with Gasteiger partial charge in [0, 0.05) is 17.3 Å². The van der Waals surface area contributed by atoms with E-state index in [4.69, 9.17) is 5.41 Å². The van der Waals surface area contributed by atoms with Gasteiger partial charge in [-0.2, -0.15) is 5.10 Å². The van der Waals surface area contributed by atoms with Crippen LogP contribution in [0.25, 0.3) is 11.1 Å². The fourth-order valence-electron chi connectivity index (χ4n) is 1.98. The predicted molar refractivity (Wildman–Crippen MR) is 78.7 cm³/mol. The van der Waals surface area contributed by atoms with E-state index >= 15 is 0 Å². The molecule has 0 aliphatic heterocycles. The predicted octanol–water partition coefficient (Wildman–Crippen LogP) is 2.49. The number of aromatic nitrogens is 3. The molecular weight excluding hydrogens is 273 g/mol. The second-order valence-electron chi connectivity index (χ2n) is 5.15. The highest BCUT2D eigenvalue weighted by molar-refractivity contribution is 5.86. The summed E-state index contributed by atoms with van der Waals surface area (Å²) in [7, 11) is 0. The summed E-state index contributed by atoms with van der Waals surface area (Å²) in [5, 5.41) is 21.5. The first-order chi connectivity index (χ1) is 9.75. The summed E-state index contributed by atoms with van der Waals surface area (Å²) in [5.41, 5.74) is -0.423. The van der Waals surface area contributed by atoms with E-state index in [9.17, 15) is 9.50 Å². The van der Waals surface area contributed by atoms with Crippen molar-refractivity contribution in [3.63, 3.8) is 0 Å². The molecular formula is C14H16FN5O. The zero-order valence-electron chi connectivity index (χ0n) is 12.1. The lowest BCUT2D eigenvalue weighted by atomic mass is 10.0. The largest absolute Gasteiger partial charge is 0.384 e. The highest BCUT2D eigenvalue weighted by Gasteiger charge is 2.23. The summed E-state index contributed by atoms with van der Waals surface area (Å²) in [4.78, 5) is 7.82. The van der Waals surface area contributed by atoms with Crippen LogP contribution in [0.15, 0.2) is 23.5 Å². The number of pyridine rings is 1. The molecule has 0 saturated carbocycles. The normalized spacial score (nSPS) is 11.5. The number of hydrogen-bond acceptors (Lipinski definition) is 5. The molecule has 21 heavy (non-hydrogen) atoms. The third-order valence-electron chi connectivity index (χ3n) is 2.94. The molecule has 0 unspecified atom stereocenters. The molecule has 2 rings (SSSR count). The number of aliphatic imine (C=N–C) groups is 1. The minimum Gasteiger partial charge on any atom is -0.384 e. The number of rotatable bonds is 3. The lowest BCUT2D eigenvalue weighted by Crippen LogP contribution is -2.19. The van der Waals surface area contributed by atoms with Crippen molar-refractivity contribution in [1.82, 2.24) is 14.8 Å². The number of nitrogens with zero attached hydrogens (tertiary/aromatic N) is 4. The van der Waals surface area contributed by atoms with Crippen LogP contribution >= 0.6 is 0 Å². The molecule has 7 heteroatoms. The fraction of sp³-hybridized carbons (Fsp3) is 0.286. The zero-order valence-corrected chi connectivity index (χ0v) is 12.1. The van der Waals surface area contributed by atoms with Gasteiger partial charge in [-0.3, -0.25) is 10.4 Å². The van der Waals surface area contributed by atoms with Gasteiger partial charge in [-0.25, -0.2) is 14.1 Å². The van der Waals surface area contributed by atoms with Gasteiger partial charge in [-0.1, -0.05) is 0 Å². The van der Waals surface area contributed by atoms with Gasteiger partial charge in [0.2, 0.25) is 0 Å². The van der Waals surface area contributed by atoms with Gasteiger partial charge in [0.05, 0.1) is 6.20 Å².